The van der Waals surface area contributed by atoms with Gasteiger partial charge in [-0.3, -0.25) is 9.59 Å². The molecule has 122 valence electrons. The number of amides is 2. The zero-order valence-electron chi connectivity index (χ0n) is 12.7. The maximum absolute atomic E-state index is 12.2. The van der Waals surface area contributed by atoms with Gasteiger partial charge in [-0.1, -0.05) is 35.3 Å². The molecule has 0 heterocycles. The van der Waals surface area contributed by atoms with Crippen LogP contribution in [0.3, 0.4) is 0 Å². The van der Waals surface area contributed by atoms with Crippen LogP contribution in [-0.2, 0) is 9.59 Å². The number of nitrogens with zero attached hydrogens (tertiary/aromatic N) is 2. The lowest BCUT2D eigenvalue weighted by atomic mass is 10.2. The van der Waals surface area contributed by atoms with Gasteiger partial charge in [0.15, 0.2) is 0 Å². The number of nitrogens with one attached hydrogen (secondary N) is 1. The number of carbonyl (C=O) groups is 2. The van der Waals surface area contributed by atoms with E-state index in [4.69, 9.17) is 28.5 Å². The van der Waals surface area contributed by atoms with E-state index in [1.807, 2.05) is 6.07 Å². The van der Waals surface area contributed by atoms with Gasteiger partial charge in [0, 0.05) is 12.6 Å². The molecule has 7 heteroatoms. The standard InChI is InChI=1S/C17H13Cl2N3O2/c1-11(23)22(13-6-7-14(18)15(19)8-13)10-17(24)21-16-5-3-2-4-12(16)9-20/h2-8H,10H2,1H3,(H,21,24). The van der Waals surface area contributed by atoms with Crippen LogP contribution in [0.5, 0.6) is 0 Å². The monoisotopic (exact) mass is 361 g/mol. The van der Waals surface area contributed by atoms with Crippen molar-refractivity contribution in [2.75, 3.05) is 16.8 Å². The molecule has 2 aromatic carbocycles. The third-order valence-electron chi connectivity index (χ3n) is 3.22. The average Bonchev–Trinajstić information content (AvgIpc) is 2.55. The van der Waals surface area contributed by atoms with E-state index in [2.05, 4.69) is 5.32 Å². The lowest BCUT2D eigenvalue weighted by Crippen LogP contribution is -2.36. The third kappa shape index (κ3) is 4.25. The molecule has 0 aliphatic carbocycles. The van der Waals surface area contributed by atoms with Crippen molar-refractivity contribution >= 4 is 46.4 Å². The van der Waals surface area contributed by atoms with Gasteiger partial charge in [0.25, 0.3) is 0 Å². The van der Waals surface area contributed by atoms with Gasteiger partial charge in [-0.05, 0) is 30.3 Å². The summed E-state index contributed by atoms with van der Waals surface area (Å²) in [5.41, 5.74) is 1.19. The van der Waals surface area contributed by atoms with Crippen molar-refractivity contribution in [1.29, 1.82) is 5.26 Å². The number of anilines is 2. The van der Waals surface area contributed by atoms with Crippen molar-refractivity contribution in [2.45, 2.75) is 6.92 Å². The number of nitriles is 1. The fraction of sp³-hybridized carbons (Fsp3) is 0.118. The Morgan fingerprint density at radius 1 is 1.17 bits per heavy atom. The molecule has 2 rings (SSSR count). The molecule has 0 aliphatic rings. The van der Waals surface area contributed by atoms with Crippen LogP contribution < -0.4 is 10.2 Å². The van der Waals surface area contributed by atoms with Gasteiger partial charge >= 0.3 is 0 Å². The van der Waals surface area contributed by atoms with Crippen molar-refractivity contribution in [2.24, 2.45) is 0 Å². The van der Waals surface area contributed by atoms with Crippen LogP contribution in [-0.4, -0.2) is 18.4 Å². The Morgan fingerprint density at radius 3 is 2.50 bits per heavy atom. The van der Waals surface area contributed by atoms with Gasteiger partial charge in [0.05, 0.1) is 21.3 Å². The van der Waals surface area contributed by atoms with Gasteiger partial charge in [-0.25, -0.2) is 0 Å². The molecule has 0 atom stereocenters. The van der Waals surface area contributed by atoms with Crippen molar-refractivity contribution in [3.8, 4) is 6.07 Å². The Balaban J connectivity index is 2.19. The van der Waals surface area contributed by atoms with E-state index in [1.54, 1.807) is 36.4 Å². The van der Waals surface area contributed by atoms with Crippen LogP contribution >= 0.6 is 23.2 Å². The summed E-state index contributed by atoms with van der Waals surface area (Å²) in [7, 11) is 0. The third-order valence-corrected chi connectivity index (χ3v) is 3.96. The molecule has 0 fully saturated rings. The maximum Gasteiger partial charge on any atom is 0.244 e. The Bertz CT molecular complexity index is 831. The second-order valence-electron chi connectivity index (χ2n) is 4.91. The van der Waals surface area contributed by atoms with Crippen LogP contribution in [0.15, 0.2) is 42.5 Å². The molecule has 5 nitrogen and oxygen atoms in total. The van der Waals surface area contributed by atoms with Crippen molar-refractivity contribution in [3.05, 3.63) is 58.1 Å². The Kier molecular flexibility index (Phi) is 5.80. The van der Waals surface area contributed by atoms with Gasteiger partial charge in [-0.15, -0.1) is 0 Å². The number of hydrogen-bond acceptors (Lipinski definition) is 3. The molecule has 1 N–H and O–H groups in total. The van der Waals surface area contributed by atoms with Gasteiger partial charge < -0.3 is 10.2 Å². The SMILES string of the molecule is CC(=O)N(CC(=O)Nc1ccccc1C#N)c1ccc(Cl)c(Cl)c1. The molecule has 0 spiro atoms. The first kappa shape index (κ1) is 17.8. The minimum Gasteiger partial charge on any atom is -0.323 e. The Hall–Kier alpha value is -2.55. The van der Waals surface area contributed by atoms with E-state index in [-0.39, 0.29) is 17.5 Å². The number of benzene rings is 2. The minimum atomic E-state index is -0.432. The van der Waals surface area contributed by atoms with Crippen LogP contribution in [0.1, 0.15) is 12.5 Å². The molecule has 0 aliphatic heterocycles. The maximum atomic E-state index is 12.2. The number of para-hydroxylation sites is 1. The highest BCUT2D eigenvalue weighted by molar-refractivity contribution is 6.42. The van der Waals surface area contributed by atoms with E-state index >= 15 is 0 Å². The molecule has 0 saturated carbocycles. The van der Waals surface area contributed by atoms with E-state index in [0.29, 0.717) is 22.0 Å². The number of halogens is 2. The lowest BCUT2D eigenvalue weighted by molar-refractivity contribution is -0.120. The summed E-state index contributed by atoms with van der Waals surface area (Å²) in [6.45, 7) is 1.13. The van der Waals surface area contributed by atoms with Gasteiger partial charge in [0.1, 0.15) is 12.6 Å². The Labute approximate surface area is 149 Å². The minimum absolute atomic E-state index is 0.215. The number of carbonyl (C=O) groups excluding carboxylic acids is 2. The quantitative estimate of drug-likeness (QED) is 0.898. The first-order valence-corrected chi connectivity index (χ1v) is 7.70. The number of rotatable bonds is 4. The number of hydrogen-bond donors (Lipinski definition) is 1. The highest BCUT2D eigenvalue weighted by Crippen LogP contribution is 2.27. The fourth-order valence-electron chi connectivity index (χ4n) is 2.06. The smallest absolute Gasteiger partial charge is 0.244 e. The predicted molar refractivity (Wildman–Crippen MR) is 94.3 cm³/mol. The zero-order chi connectivity index (χ0) is 17.7. The van der Waals surface area contributed by atoms with E-state index < -0.39 is 5.91 Å². The zero-order valence-corrected chi connectivity index (χ0v) is 14.2. The molecule has 0 unspecified atom stereocenters. The largest absolute Gasteiger partial charge is 0.323 e. The predicted octanol–water partition coefficient (Wildman–Crippen LogP) is 3.86. The normalized spacial score (nSPS) is 9.92. The van der Waals surface area contributed by atoms with Crippen molar-refractivity contribution < 1.29 is 9.59 Å². The van der Waals surface area contributed by atoms with E-state index in [1.165, 1.54) is 17.9 Å². The molecule has 0 saturated heterocycles. The summed E-state index contributed by atoms with van der Waals surface area (Å²) in [5, 5.41) is 12.3. The van der Waals surface area contributed by atoms with Gasteiger partial charge in [-0.2, -0.15) is 5.26 Å². The second kappa shape index (κ2) is 7.82. The van der Waals surface area contributed by atoms with Crippen molar-refractivity contribution in [1.82, 2.24) is 0 Å². The molecular weight excluding hydrogens is 349 g/mol. The molecule has 0 bridgehead atoms. The van der Waals surface area contributed by atoms with Crippen molar-refractivity contribution in [3.63, 3.8) is 0 Å². The summed E-state index contributed by atoms with van der Waals surface area (Å²) in [6.07, 6.45) is 0. The highest BCUT2D eigenvalue weighted by Gasteiger charge is 2.17. The lowest BCUT2D eigenvalue weighted by Gasteiger charge is -2.21. The van der Waals surface area contributed by atoms with Crippen LogP contribution in [0.2, 0.25) is 10.0 Å². The second-order valence-corrected chi connectivity index (χ2v) is 5.72. The molecule has 2 amide bonds. The average molecular weight is 362 g/mol. The summed E-state index contributed by atoms with van der Waals surface area (Å²) >= 11 is 11.8. The molecule has 0 radical (unpaired) electrons. The van der Waals surface area contributed by atoms with Crippen LogP contribution in [0.4, 0.5) is 11.4 Å². The molecule has 2 aromatic rings. The summed E-state index contributed by atoms with van der Waals surface area (Å²) in [4.78, 5) is 25.4. The summed E-state index contributed by atoms with van der Waals surface area (Å²) in [6, 6.07) is 13.3. The first-order chi connectivity index (χ1) is 11.4. The highest BCUT2D eigenvalue weighted by atomic mass is 35.5. The molecule has 24 heavy (non-hydrogen) atoms. The molecular formula is C17H13Cl2N3O2. The first-order valence-electron chi connectivity index (χ1n) is 6.94. The topological polar surface area (TPSA) is 73.2 Å². The van der Waals surface area contributed by atoms with E-state index in [9.17, 15) is 9.59 Å². The van der Waals surface area contributed by atoms with Crippen LogP contribution in [0.25, 0.3) is 0 Å². The fourth-order valence-corrected chi connectivity index (χ4v) is 2.35. The molecule has 0 aromatic heterocycles. The Morgan fingerprint density at radius 2 is 1.88 bits per heavy atom. The van der Waals surface area contributed by atoms with Gasteiger partial charge in [0.2, 0.25) is 11.8 Å². The summed E-state index contributed by atoms with van der Waals surface area (Å²) < 4.78 is 0. The van der Waals surface area contributed by atoms with E-state index in [0.717, 1.165) is 0 Å². The summed E-state index contributed by atoms with van der Waals surface area (Å²) in [5.74, 6) is -0.754. The van der Waals surface area contributed by atoms with Crippen LogP contribution in [0, 0.1) is 11.3 Å².